The van der Waals surface area contributed by atoms with E-state index in [0.717, 1.165) is 25.9 Å². The largest absolute Gasteiger partial charge is 0.384 e. The standard InChI is InChI=1S/C16H19FN2O2/c1-19-8-6-14(7-9-19)18-16(21)13-5-4-12(3-2-10-20)15(17)11-13/h4-5,11,14,20H,6-10H2,1H3,(H,18,21). The van der Waals surface area contributed by atoms with Crippen molar-refractivity contribution < 1.29 is 14.3 Å². The van der Waals surface area contributed by atoms with Crippen molar-refractivity contribution in [1.29, 1.82) is 0 Å². The number of benzene rings is 1. The maximum Gasteiger partial charge on any atom is 0.251 e. The molecule has 0 spiro atoms. The third-order valence-corrected chi connectivity index (χ3v) is 3.59. The van der Waals surface area contributed by atoms with E-state index in [1.165, 1.54) is 12.1 Å². The van der Waals surface area contributed by atoms with Crippen molar-refractivity contribution >= 4 is 5.91 Å². The molecule has 1 heterocycles. The van der Waals surface area contributed by atoms with Gasteiger partial charge in [-0.2, -0.15) is 0 Å². The SMILES string of the molecule is CN1CCC(NC(=O)c2ccc(C#CCO)c(F)c2)CC1. The Morgan fingerprint density at radius 2 is 2.19 bits per heavy atom. The number of piperidine rings is 1. The number of aliphatic hydroxyl groups is 1. The first kappa shape index (κ1) is 15.5. The van der Waals surface area contributed by atoms with Gasteiger partial charge in [-0.1, -0.05) is 11.8 Å². The van der Waals surface area contributed by atoms with Crippen molar-refractivity contribution in [3.8, 4) is 11.8 Å². The Morgan fingerprint density at radius 3 is 2.81 bits per heavy atom. The van der Waals surface area contributed by atoms with Crippen LogP contribution in [0.3, 0.4) is 0 Å². The minimum absolute atomic E-state index is 0.144. The van der Waals surface area contributed by atoms with Crippen molar-refractivity contribution in [2.45, 2.75) is 18.9 Å². The van der Waals surface area contributed by atoms with Gasteiger partial charge in [0, 0.05) is 11.6 Å². The van der Waals surface area contributed by atoms with Gasteiger partial charge in [-0.3, -0.25) is 4.79 Å². The van der Waals surface area contributed by atoms with Crippen LogP contribution in [-0.4, -0.2) is 48.7 Å². The molecule has 1 aliphatic rings. The molecule has 0 aliphatic carbocycles. The number of halogens is 1. The van der Waals surface area contributed by atoms with Crippen LogP contribution in [0, 0.1) is 17.7 Å². The molecule has 1 amide bonds. The Morgan fingerprint density at radius 1 is 1.48 bits per heavy atom. The summed E-state index contributed by atoms with van der Waals surface area (Å²) in [6.07, 6.45) is 1.82. The van der Waals surface area contributed by atoms with Crippen LogP contribution >= 0.6 is 0 Å². The molecule has 0 atom stereocenters. The summed E-state index contributed by atoms with van der Waals surface area (Å²) in [5.41, 5.74) is 0.473. The van der Waals surface area contributed by atoms with Gasteiger partial charge in [0.25, 0.3) is 5.91 Å². The molecule has 1 aromatic carbocycles. The van der Waals surface area contributed by atoms with Gasteiger partial charge >= 0.3 is 0 Å². The number of nitrogens with one attached hydrogen (secondary N) is 1. The highest BCUT2D eigenvalue weighted by atomic mass is 19.1. The Labute approximate surface area is 124 Å². The van der Waals surface area contributed by atoms with Gasteiger partial charge in [-0.15, -0.1) is 0 Å². The average molecular weight is 290 g/mol. The van der Waals surface area contributed by atoms with Crippen LogP contribution in [0.15, 0.2) is 18.2 Å². The first-order chi connectivity index (χ1) is 10.1. The summed E-state index contributed by atoms with van der Waals surface area (Å²) >= 11 is 0. The van der Waals surface area contributed by atoms with E-state index in [1.807, 2.05) is 0 Å². The molecule has 1 aliphatic heterocycles. The molecule has 5 heteroatoms. The number of carbonyl (C=O) groups is 1. The van der Waals surface area contributed by atoms with Gasteiger partial charge in [-0.05, 0) is 51.2 Å². The summed E-state index contributed by atoms with van der Waals surface area (Å²) in [6, 6.07) is 4.34. The van der Waals surface area contributed by atoms with E-state index < -0.39 is 5.82 Å². The Hall–Kier alpha value is -1.90. The second kappa shape index (κ2) is 7.21. The zero-order chi connectivity index (χ0) is 15.2. The molecule has 112 valence electrons. The molecule has 4 nitrogen and oxygen atoms in total. The molecule has 2 rings (SSSR count). The minimum Gasteiger partial charge on any atom is -0.384 e. The minimum atomic E-state index is -0.549. The quantitative estimate of drug-likeness (QED) is 0.799. The van der Waals surface area contributed by atoms with E-state index >= 15 is 0 Å². The van der Waals surface area contributed by atoms with Gasteiger partial charge in [0.2, 0.25) is 0 Å². The fraction of sp³-hybridized carbons (Fsp3) is 0.438. The normalized spacial score (nSPS) is 16.1. The van der Waals surface area contributed by atoms with Crippen LogP contribution in [0.1, 0.15) is 28.8 Å². The number of amides is 1. The third-order valence-electron chi connectivity index (χ3n) is 3.59. The van der Waals surface area contributed by atoms with Crippen LogP contribution in [-0.2, 0) is 0 Å². The molecular weight excluding hydrogens is 271 g/mol. The molecular formula is C16H19FN2O2. The first-order valence-electron chi connectivity index (χ1n) is 6.99. The highest BCUT2D eigenvalue weighted by molar-refractivity contribution is 5.94. The second-order valence-corrected chi connectivity index (χ2v) is 5.21. The van der Waals surface area contributed by atoms with Crippen molar-refractivity contribution in [3.05, 3.63) is 35.1 Å². The lowest BCUT2D eigenvalue weighted by molar-refractivity contribution is 0.0916. The molecule has 2 N–H and O–H groups in total. The average Bonchev–Trinajstić information content (AvgIpc) is 2.48. The van der Waals surface area contributed by atoms with Gasteiger partial charge in [0.15, 0.2) is 0 Å². The molecule has 0 unspecified atom stereocenters. The van der Waals surface area contributed by atoms with E-state index in [2.05, 4.69) is 29.1 Å². The van der Waals surface area contributed by atoms with Crippen molar-refractivity contribution in [1.82, 2.24) is 10.2 Å². The number of nitrogens with zero attached hydrogens (tertiary/aromatic N) is 1. The van der Waals surface area contributed by atoms with E-state index in [-0.39, 0.29) is 24.1 Å². The zero-order valence-corrected chi connectivity index (χ0v) is 12.0. The molecule has 1 saturated heterocycles. The maximum atomic E-state index is 13.8. The molecule has 0 aromatic heterocycles. The molecule has 21 heavy (non-hydrogen) atoms. The van der Waals surface area contributed by atoms with Crippen LogP contribution < -0.4 is 5.32 Å². The summed E-state index contributed by atoms with van der Waals surface area (Å²) < 4.78 is 13.8. The summed E-state index contributed by atoms with van der Waals surface area (Å²) in [7, 11) is 2.06. The van der Waals surface area contributed by atoms with E-state index in [9.17, 15) is 9.18 Å². The van der Waals surface area contributed by atoms with Crippen LogP contribution in [0.2, 0.25) is 0 Å². The summed E-state index contributed by atoms with van der Waals surface area (Å²) in [5, 5.41) is 11.5. The molecule has 1 aromatic rings. The molecule has 1 fully saturated rings. The predicted molar refractivity (Wildman–Crippen MR) is 78.3 cm³/mol. The van der Waals surface area contributed by atoms with Crippen LogP contribution in [0.4, 0.5) is 4.39 Å². The zero-order valence-electron chi connectivity index (χ0n) is 12.0. The van der Waals surface area contributed by atoms with Crippen molar-refractivity contribution in [2.75, 3.05) is 26.7 Å². The number of carbonyl (C=O) groups excluding carboxylic acids is 1. The van der Waals surface area contributed by atoms with E-state index in [0.29, 0.717) is 5.56 Å². The molecule has 0 saturated carbocycles. The summed E-state index contributed by atoms with van der Waals surface area (Å²) in [4.78, 5) is 14.3. The predicted octanol–water partition coefficient (Wildman–Crippen LogP) is 0.993. The molecule has 0 radical (unpaired) electrons. The van der Waals surface area contributed by atoms with Gasteiger partial charge in [0.05, 0.1) is 5.56 Å². The summed E-state index contributed by atoms with van der Waals surface area (Å²) in [5.74, 6) is 4.08. The Balaban J connectivity index is 2.01. The smallest absolute Gasteiger partial charge is 0.251 e. The van der Waals surface area contributed by atoms with Crippen molar-refractivity contribution in [3.63, 3.8) is 0 Å². The fourth-order valence-corrected chi connectivity index (χ4v) is 2.31. The second-order valence-electron chi connectivity index (χ2n) is 5.21. The number of aliphatic hydroxyl groups excluding tert-OH is 1. The fourth-order valence-electron chi connectivity index (χ4n) is 2.31. The monoisotopic (exact) mass is 290 g/mol. The Kier molecular flexibility index (Phi) is 5.32. The highest BCUT2D eigenvalue weighted by Crippen LogP contribution is 2.12. The number of hydrogen-bond acceptors (Lipinski definition) is 3. The van der Waals surface area contributed by atoms with E-state index in [1.54, 1.807) is 6.07 Å². The number of likely N-dealkylation sites (tertiary alicyclic amines) is 1. The lowest BCUT2D eigenvalue weighted by Gasteiger charge is -2.29. The lowest BCUT2D eigenvalue weighted by Crippen LogP contribution is -2.43. The van der Waals surface area contributed by atoms with E-state index in [4.69, 9.17) is 5.11 Å². The lowest BCUT2D eigenvalue weighted by atomic mass is 10.0. The number of hydrogen-bond donors (Lipinski definition) is 2. The topological polar surface area (TPSA) is 52.6 Å². The van der Waals surface area contributed by atoms with Gasteiger partial charge in [-0.25, -0.2) is 4.39 Å². The molecule has 0 bridgehead atoms. The van der Waals surface area contributed by atoms with Crippen molar-refractivity contribution in [2.24, 2.45) is 0 Å². The number of rotatable bonds is 2. The van der Waals surface area contributed by atoms with Gasteiger partial charge < -0.3 is 15.3 Å². The maximum absolute atomic E-state index is 13.8. The van der Waals surface area contributed by atoms with Crippen LogP contribution in [0.25, 0.3) is 0 Å². The highest BCUT2D eigenvalue weighted by Gasteiger charge is 2.19. The van der Waals surface area contributed by atoms with Gasteiger partial charge in [0.1, 0.15) is 12.4 Å². The van der Waals surface area contributed by atoms with Crippen LogP contribution in [0.5, 0.6) is 0 Å². The summed E-state index contributed by atoms with van der Waals surface area (Å²) in [6.45, 7) is 1.59. The first-order valence-corrected chi connectivity index (χ1v) is 6.99. The third kappa shape index (κ3) is 4.28. The Bertz CT molecular complexity index is 569.